The van der Waals surface area contributed by atoms with E-state index in [2.05, 4.69) is 12.1 Å². The maximum absolute atomic E-state index is 8.77. The Kier molecular flexibility index (Phi) is 4.75. The van der Waals surface area contributed by atoms with E-state index in [1.165, 1.54) is 0 Å². The summed E-state index contributed by atoms with van der Waals surface area (Å²) in [4.78, 5) is 16.2. The third-order valence-electron chi connectivity index (χ3n) is 8.60. The summed E-state index contributed by atoms with van der Waals surface area (Å²) in [5.74, 6) is 0.485. The van der Waals surface area contributed by atoms with Gasteiger partial charge in [0, 0.05) is 32.8 Å². The van der Waals surface area contributed by atoms with Gasteiger partial charge in [0.15, 0.2) is 17.5 Å². The molecule has 0 N–H and O–H groups in total. The van der Waals surface area contributed by atoms with Gasteiger partial charge in [-0.25, -0.2) is 15.0 Å². The van der Waals surface area contributed by atoms with E-state index < -0.39 is 30.2 Å². The minimum atomic E-state index is -0.496. The van der Waals surface area contributed by atoms with Gasteiger partial charge in [-0.2, -0.15) is 4.80 Å². The normalized spacial score (nSPS) is 13.2. The second-order valence-corrected chi connectivity index (χ2v) is 11.4. The molecule has 0 spiro atoms. The molecule has 0 aliphatic carbocycles. The highest BCUT2D eigenvalue weighted by atomic mass is 16.3. The summed E-state index contributed by atoms with van der Waals surface area (Å²) >= 11 is 0. The summed E-state index contributed by atoms with van der Waals surface area (Å²) in [6.07, 6.45) is 0. The van der Waals surface area contributed by atoms with Crippen LogP contribution < -0.4 is 0 Å². The second kappa shape index (κ2) is 10.4. The molecule has 0 aliphatic heterocycles. The molecule has 0 atom stereocenters. The number of rotatable bonds is 4. The fourth-order valence-corrected chi connectivity index (χ4v) is 6.39. The largest absolute Gasteiger partial charge is 0.456 e. The van der Waals surface area contributed by atoms with Gasteiger partial charge in [-0.05, 0) is 52.6 Å². The van der Waals surface area contributed by atoms with Gasteiger partial charge >= 0.3 is 0 Å². The predicted molar refractivity (Wildman–Crippen MR) is 191 cm³/mol. The molecule has 48 heavy (non-hydrogen) atoms. The zero-order valence-electron chi connectivity index (χ0n) is 30.1. The standard InChI is InChI=1S/C41H24N6O/c1-3-10-27(11-4-1)39-42-40(44-41(43-39)31-15-9-17-35-37(31)30-14-7-8-16-34(30)48-35)28-21-19-25-18-20-26-22-23-33-38(36(26)32(25)24-28)46-47(45-33)29-12-5-2-6-13-29/h1-24H/i1D,3D,4D,10D,11D. The minimum Gasteiger partial charge on any atom is -0.456 e. The zero-order chi connectivity index (χ0) is 36.0. The third-order valence-corrected chi connectivity index (χ3v) is 8.60. The Morgan fingerprint density at radius 1 is 0.542 bits per heavy atom. The number of fused-ring (bicyclic) bond motifs is 8. The van der Waals surface area contributed by atoms with Gasteiger partial charge in [0.1, 0.15) is 22.2 Å². The van der Waals surface area contributed by atoms with Gasteiger partial charge in [-0.15, -0.1) is 10.2 Å². The van der Waals surface area contributed by atoms with Gasteiger partial charge in [-0.1, -0.05) is 109 Å². The molecule has 7 heteroatoms. The van der Waals surface area contributed by atoms with Crippen LogP contribution in [0.2, 0.25) is 0 Å². The van der Waals surface area contributed by atoms with Crippen molar-refractivity contribution in [2.75, 3.05) is 0 Å². The lowest BCUT2D eigenvalue weighted by Gasteiger charge is -2.11. The van der Waals surface area contributed by atoms with Crippen molar-refractivity contribution >= 4 is 54.5 Å². The molecule has 0 saturated heterocycles. The average molecular weight is 622 g/mol. The van der Waals surface area contributed by atoms with E-state index in [1.807, 2.05) is 103 Å². The van der Waals surface area contributed by atoms with Crippen molar-refractivity contribution in [3.63, 3.8) is 0 Å². The Bertz CT molecular complexity index is 3110. The van der Waals surface area contributed by atoms with E-state index in [0.717, 1.165) is 49.0 Å². The van der Waals surface area contributed by atoms with Gasteiger partial charge < -0.3 is 4.42 Å². The van der Waals surface area contributed by atoms with E-state index in [9.17, 15) is 0 Å². The summed E-state index contributed by atoms with van der Waals surface area (Å²) in [6.45, 7) is 0. The molecule has 3 aromatic heterocycles. The summed E-state index contributed by atoms with van der Waals surface area (Å²) in [5.41, 5.74) is 4.84. The lowest BCUT2D eigenvalue weighted by molar-refractivity contribution is 0.669. The fraction of sp³-hybridized carbons (Fsp3) is 0. The quantitative estimate of drug-likeness (QED) is 0.182. The monoisotopic (exact) mass is 621 g/mol. The number of hydrogen-bond donors (Lipinski definition) is 0. The lowest BCUT2D eigenvalue weighted by atomic mass is 9.98. The molecular formula is C41H24N6O. The SMILES string of the molecule is [2H]c1c([2H])c([2H])c(-c2nc(-c3ccc4ccc5ccc6nn(-c7ccccc7)nc6c5c4c3)nc(-c3cccc4oc5ccccc5c34)n2)c([2H])c1[2H]. The lowest BCUT2D eigenvalue weighted by Crippen LogP contribution is -2.00. The van der Waals surface area contributed by atoms with Crippen molar-refractivity contribution < 1.29 is 11.3 Å². The first-order chi connectivity index (χ1) is 25.8. The third kappa shape index (κ3) is 4.18. The first-order valence-electron chi connectivity index (χ1n) is 17.9. The number of aromatic nitrogens is 6. The zero-order valence-corrected chi connectivity index (χ0v) is 25.1. The van der Waals surface area contributed by atoms with Crippen molar-refractivity contribution in [1.29, 1.82) is 0 Å². The summed E-state index contributed by atoms with van der Waals surface area (Å²) in [5, 5.41) is 15.1. The molecule has 7 nitrogen and oxygen atoms in total. The first kappa shape index (κ1) is 21.9. The molecule has 0 aliphatic rings. The van der Waals surface area contributed by atoms with E-state index in [0.29, 0.717) is 22.3 Å². The molecule has 0 unspecified atom stereocenters. The van der Waals surface area contributed by atoms with Crippen molar-refractivity contribution in [2.24, 2.45) is 0 Å². The van der Waals surface area contributed by atoms with E-state index in [1.54, 1.807) is 4.80 Å². The molecule has 0 radical (unpaired) electrons. The fourth-order valence-electron chi connectivity index (χ4n) is 6.39. The van der Waals surface area contributed by atoms with Crippen LogP contribution in [-0.2, 0) is 0 Å². The molecule has 0 amide bonds. The summed E-state index contributed by atoms with van der Waals surface area (Å²) < 4.78 is 48.7. The highest BCUT2D eigenvalue weighted by Gasteiger charge is 2.18. The molecule has 10 rings (SSSR count). The number of nitrogens with zero attached hydrogens (tertiary/aromatic N) is 6. The summed E-state index contributed by atoms with van der Waals surface area (Å²) in [7, 11) is 0. The molecule has 0 saturated carbocycles. The number of hydrogen-bond acceptors (Lipinski definition) is 6. The van der Waals surface area contributed by atoms with Crippen LogP contribution in [0, 0.1) is 0 Å². The van der Waals surface area contributed by atoms with Gasteiger partial charge in [0.05, 0.1) is 12.5 Å². The van der Waals surface area contributed by atoms with Crippen LogP contribution in [0.3, 0.4) is 0 Å². The van der Waals surface area contributed by atoms with E-state index in [4.69, 9.17) is 36.4 Å². The van der Waals surface area contributed by atoms with Crippen LogP contribution in [0.1, 0.15) is 6.85 Å². The smallest absolute Gasteiger partial charge is 0.164 e. The van der Waals surface area contributed by atoms with Crippen LogP contribution in [-0.4, -0.2) is 29.9 Å². The van der Waals surface area contributed by atoms with Crippen molar-refractivity contribution in [3.8, 4) is 39.9 Å². The van der Waals surface area contributed by atoms with Gasteiger partial charge in [-0.3, -0.25) is 0 Å². The van der Waals surface area contributed by atoms with Crippen molar-refractivity contribution in [1.82, 2.24) is 29.9 Å². The van der Waals surface area contributed by atoms with Crippen LogP contribution in [0.4, 0.5) is 0 Å². The number of benzene rings is 7. The Morgan fingerprint density at radius 3 is 2.17 bits per heavy atom. The number of para-hydroxylation sites is 2. The van der Waals surface area contributed by atoms with Crippen LogP contribution in [0.25, 0.3) is 94.4 Å². The molecule has 0 fully saturated rings. The van der Waals surface area contributed by atoms with Gasteiger partial charge in [0.25, 0.3) is 0 Å². The van der Waals surface area contributed by atoms with Crippen LogP contribution >= 0.6 is 0 Å². The number of furan rings is 1. The average Bonchev–Trinajstić information content (AvgIpc) is 3.81. The second-order valence-electron chi connectivity index (χ2n) is 11.4. The Hall–Kier alpha value is -6.73. The highest BCUT2D eigenvalue weighted by molar-refractivity contribution is 6.19. The summed E-state index contributed by atoms with van der Waals surface area (Å²) in [6, 6.07) is 34.8. The van der Waals surface area contributed by atoms with Crippen LogP contribution in [0.15, 0.2) is 150 Å². The van der Waals surface area contributed by atoms with Crippen molar-refractivity contribution in [3.05, 3.63) is 145 Å². The Labute approximate surface area is 280 Å². The van der Waals surface area contributed by atoms with E-state index >= 15 is 0 Å². The molecule has 3 heterocycles. The molecule has 7 aromatic carbocycles. The van der Waals surface area contributed by atoms with Gasteiger partial charge in [0.2, 0.25) is 0 Å². The highest BCUT2D eigenvalue weighted by Crippen LogP contribution is 2.37. The Morgan fingerprint density at radius 2 is 1.27 bits per heavy atom. The maximum Gasteiger partial charge on any atom is 0.164 e. The van der Waals surface area contributed by atoms with E-state index in [-0.39, 0.29) is 23.0 Å². The van der Waals surface area contributed by atoms with Crippen LogP contribution in [0.5, 0.6) is 0 Å². The molecule has 10 aromatic rings. The first-order valence-corrected chi connectivity index (χ1v) is 15.4. The van der Waals surface area contributed by atoms with Crippen molar-refractivity contribution in [2.45, 2.75) is 0 Å². The molecular weight excluding hydrogens is 592 g/mol. The Balaban J connectivity index is 1.25. The maximum atomic E-state index is 8.77. The molecule has 0 bridgehead atoms. The molecule has 224 valence electrons. The topological polar surface area (TPSA) is 82.5 Å². The predicted octanol–water partition coefficient (Wildman–Crippen LogP) is 9.81. The minimum absolute atomic E-state index is 0.0435.